The summed E-state index contributed by atoms with van der Waals surface area (Å²) in [6.07, 6.45) is 0. The largest absolute Gasteiger partial charge is 0.497 e. The minimum Gasteiger partial charge on any atom is -0.497 e. The first-order valence-electron chi connectivity index (χ1n) is 13.1. The highest BCUT2D eigenvalue weighted by Gasteiger charge is 2.73. The lowest BCUT2D eigenvalue weighted by Crippen LogP contribution is -2.57. The quantitative estimate of drug-likeness (QED) is 0.182. The summed E-state index contributed by atoms with van der Waals surface area (Å²) < 4.78 is 5.17. The zero-order valence-electron chi connectivity index (χ0n) is 22.3. The average Bonchev–Trinajstić information content (AvgIpc) is 3.22. The zero-order valence-corrected chi connectivity index (χ0v) is 23.8. The molecule has 0 saturated carbocycles. The molecule has 7 rings (SSSR count). The highest BCUT2D eigenvalue weighted by atomic mass is 35.5. The van der Waals surface area contributed by atoms with E-state index < -0.39 is 56.2 Å². The van der Waals surface area contributed by atoms with Crippen molar-refractivity contribution in [2.45, 2.75) is 29.6 Å². The van der Waals surface area contributed by atoms with Gasteiger partial charge in [0.2, 0.25) is 17.7 Å². The number of halogens is 2. The van der Waals surface area contributed by atoms with Crippen LogP contribution in [0, 0.1) is 27.9 Å². The maximum atomic E-state index is 14.3. The average molecular weight is 594 g/mol. The maximum Gasteiger partial charge on any atom is 0.293 e. The first-order valence-corrected chi connectivity index (χ1v) is 13.8. The van der Waals surface area contributed by atoms with Gasteiger partial charge in [-0.2, -0.15) is 0 Å². The molecule has 1 N–H and O–H groups in total. The number of likely N-dealkylation sites (tertiary alicyclic amines) is 1. The number of benzene rings is 3. The van der Waals surface area contributed by atoms with Crippen molar-refractivity contribution >= 4 is 52.3 Å². The number of imide groups is 1. The zero-order chi connectivity index (χ0) is 29.4. The molecule has 0 aromatic heterocycles. The molecule has 1 heterocycles. The van der Waals surface area contributed by atoms with E-state index in [9.17, 15) is 24.5 Å². The van der Waals surface area contributed by atoms with Crippen molar-refractivity contribution in [2.75, 3.05) is 12.4 Å². The summed E-state index contributed by atoms with van der Waals surface area (Å²) in [5.74, 6) is -4.39. The van der Waals surface area contributed by atoms with Crippen molar-refractivity contribution in [3.8, 4) is 5.75 Å². The Hall–Kier alpha value is -3.95. The third-order valence-corrected chi connectivity index (χ3v) is 9.74. The summed E-state index contributed by atoms with van der Waals surface area (Å²) in [5, 5.41) is 14.2. The summed E-state index contributed by atoms with van der Waals surface area (Å²) in [6, 6.07) is 17.2. The molecule has 210 valence electrons. The number of alkyl halides is 2. The van der Waals surface area contributed by atoms with E-state index in [0.29, 0.717) is 22.3 Å². The summed E-state index contributed by atoms with van der Waals surface area (Å²) in [7, 11) is 1.39. The van der Waals surface area contributed by atoms with Crippen molar-refractivity contribution in [1.29, 1.82) is 0 Å². The van der Waals surface area contributed by atoms with Crippen LogP contribution >= 0.6 is 23.2 Å². The Morgan fingerprint density at radius 1 is 0.927 bits per heavy atom. The number of nitro groups is 1. The molecule has 41 heavy (non-hydrogen) atoms. The van der Waals surface area contributed by atoms with Gasteiger partial charge in [0.05, 0.1) is 23.9 Å². The SMILES string of the molecule is COc1ccc([N+](=O)[O-])c(NC(=O)[C@H](C(C)C)N2C(=O)[C@@H]3[C@H](C2=O)C2(Cl)c4ccccc4C3(Cl)c3ccccc32)c1. The molecule has 4 aliphatic rings. The fourth-order valence-corrected chi connectivity index (χ4v) is 7.89. The van der Waals surface area contributed by atoms with E-state index in [2.05, 4.69) is 5.32 Å². The number of nitro benzene ring substituents is 1. The molecule has 3 aromatic carbocycles. The number of carbonyl (C=O) groups excluding carboxylic acids is 3. The lowest BCUT2D eigenvalue weighted by atomic mass is 9.54. The molecular weight excluding hydrogens is 569 g/mol. The first kappa shape index (κ1) is 27.2. The van der Waals surface area contributed by atoms with Crippen molar-refractivity contribution in [2.24, 2.45) is 17.8 Å². The van der Waals surface area contributed by atoms with Crippen molar-refractivity contribution in [3.05, 3.63) is 99.1 Å². The number of rotatable bonds is 6. The Morgan fingerprint density at radius 3 is 1.78 bits per heavy atom. The number of nitrogens with zero attached hydrogens (tertiary/aromatic N) is 2. The summed E-state index contributed by atoms with van der Waals surface area (Å²) in [4.78, 5) is 51.7. The van der Waals surface area contributed by atoms with Crippen LogP contribution in [-0.4, -0.2) is 40.7 Å². The van der Waals surface area contributed by atoms with Crippen LogP contribution in [0.4, 0.5) is 11.4 Å². The van der Waals surface area contributed by atoms with Gasteiger partial charge < -0.3 is 10.1 Å². The molecule has 0 unspecified atom stereocenters. The van der Waals surface area contributed by atoms with Gasteiger partial charge in [-0.05, 0) is 34.2 Å². The van der Waals surface area contributed by atoms with Crippen LogP contribution < -0.4 is 10.1 Å². The lowest BCUT2D eigenvalue weighted by Gasteiger charge is -2.54. The van der Waals surface area contributed by atoms with Crippen LogP contribution in [0.1, 0.15) is 36.1 Å². The number of nitrogens with one attached hydrogen (secondary N) is 1. The second kappa shape index (κ2) is 9.29. The summed E-state index contributed by atoms with van der Waals surface area (Å²) in [5.41, 5.74) is 2.12. The number of hydrogen-bond acceptors (Lipinski definition) is 6. The number of methoxy groups -OCH3 is 1. The van der Waals surface area contributed by atoms with Gasteiger partial charge in [-0.1, -0.05) is 62.4 Å². The van der Waals surface area contributed by atoms with E-state index in [4.69, 9.17) is 27.9 Å². The maximum absolute atomic E-state index is 14.3. The molecule has 1 fully saturated rings. The van der Waals surface area contributed by atoms with Crippen LogP contribution in [0.3, 0.4) is 0 Å². The first-order chi connectivity index (χ1) is 19.5. The van der Waals surface area contributed by atoms with Crippen molar-refractivity contribution in [1.82, 2.24) is 4.90 Å². The minimum absolute atomic E-state index is 0.121. The molecule has 0 radical (unpaired) electrons. The van der Waals surface area contributed by atoms with Crippen LogP contribution in [0.25, 0.3) is 0 Å². The van der Waals surface area contributed by atoms with E-state index in [1.807, 2.05) is 48.5 Å². The third-order valence-electron chi connectivity index (χ3n) is 8.46. The van der Waals surface area contributed by atoms with Crippen LogP contribution in [0.2, 0.25) is 0 Å². The van der Waals surface area contributed by atoms with Crippen LogP contribution in [0.15, 0.2) is 66.7 Å². The Kier molecular flexibility index (Phi) is 6.17. The molecule has 1 aliphatic heterocycles. The van der Waals surface area contributed by atoms with Gasteiger partial charge in [0.1, 0.15) is 27.2 Å². The molecule has 3 amide bonds. The van der Waals surface area contributed by atoms with Gasteiger partial charge in [-0.15, -0.1) is 23.2 Å². The molecule has 0 spiro atoms. The molecule has 9 nitrogen and oxygen atoms in total. The normalized spacial score (nSPS) is 26.3. The van der Waals surface area contributed by atoms with Gasteiger partial charge in [0, 0.05) is 12.1 Å². The molecule has 11 heteroatoms. The van der Waals surface area contributed by atoms with E-state index in [1.54, 1.807) is 13.8 Å². The fraction of sp³-hybridized carbons (Fsp3) is 0.300. The lowest BCUT2D eigenvalue weighted by molar-refractivity contribution is -0.383. The number of carbonyl (C=O) groups is 3. The van der Waals surface area contributed by atoms with Gasteiger partial charge in [0.25, 0.3) is 5.69 Å². The van der Waals surface area contributed by atoms with Gasteiger partial charge in [-0.3, -0.25) is 29.4 Å². The topological polar surface area (TPSA) is 119 Å². The number of amides is 3. The molecule has 3 aromatic rings. The summed E-state index contributed by atoms with van der Waals surface area (Å²) in [6.45, 7) is 3.38. The number of hydrogen-bond donors (Lipinski definition) is 1. The Bertz CT molecular complexity index is 1540. The molecule has 3 atom stereocenters. The Morgan fingerprint density at radius 2 is 1.39 bits per heavy atom. The van der Waals surface area contributed by atoms with E-state index >= 15 is 0 Å². The Balaban J connectivity index is 1.46. The Labute approximate surface area is 245 Å². The predicted octanol–water partition coefficient (Wildman–Crippen LogP) is 5.16. The summed E-state index contributed by atoms with van der Waals surface area (Å²) >= 11 is 15.0. The highest BCUT2D eigenvalue weighted by molar-refractivity contribution is 6.36. The second-order valence-corrected chi connectivity index (χ2v) is 12.0. The molecule has 2 bridgehead atoms. The van der Waals surface area contributed by atoms with Gasteiger partial charge in [0.15, 0.2) is 0 Å². The van der Waals surface area contributed by atoms with Gasteiger partial charge >= 0.3 is 0 Å². The number of ether oxygens (including phenoxy) is 1. The molecule has 1 saturated heterocycles. The smallest absolute Gasteiger partial charge is 0.293 e. The molecule has 3 aliphatic carbocycles. The molecular formula is C30H25Cl2N3O6. The standard InChI is InChI=1S/C30H25Cl2N3O6/c1-15(2)25(26(36)33-21-14-16(41-3)12-13-22(21)35(39)40)34-27(37)23-24(28(34)38)30(32)18-9-5-4-8-17(18)29(23,31)19-10-6-7-11-20(19)30/h4-15,23-25H,1-3H3,(H,33,36)/t23-,24+,25-,29?,30?/m0/s1. The predicted molar refractivity (Wildman–Crippen MR) is 152 cm³/mol. The van der Waals surface area contributed by atoms with E-state index in [1.165, 1.54) is 25.3 Å². The minimum atomic E-state index is -1.39. The van der Waals surface area contributed by atoms with Crippen molar-refractivity contribution in [3.63, 3.8) is 0 Å². The second-order valence-electron chi connectivity index (χ2n) is 10.8. The highest BCUT2D eigenvalue weighted by Crippen LogP contribution is 2.69. The number of anilines is 1. The van der Waals surface area contributed by atoms with E-state index in [-0.39, 0.29) is 17.1 Å². The van der Waals surface area contributed by atoms with Crippen molar-refractivity contribution < 1.29 is 24.0 Å². The van der Waals surface area contributed by atoms with Crippen LogP contribution in [0.5, 0.6) is 5.75 Å². The van der Waals surface area contributed by atoms with Gasteiger partial charge in [-0.25, -0.2) is 0 Å². The van der Waals surface area contributed by atoms with E-state index in [0.717, 1.165) is 4.90 Å². The third kappa shape index (κ3) is 3.51. The monoisotopic (exact) mass is 593 g/mol. The fourth-order valence-electron chi connectivity index (χ4n) is 6.79. The van der Waals surface area contributed by atoms with Crippen LogP contribution in [-0.2, 0) is 24.1 Å².